The van der Waals surface area contributed by atoms with Crippen molar-refractivity contribution >= 4 is 17.5 Å². The largest absolute Gasteiger partial charge is 0.443 e. The van der Waals surface area contributed by atoms with Gasteiger partial charge in [0.05, 0.1) is 5.70 Å². The Bertz CT molecular complexity index is 758. The molecule has 2 heterocycles. The van der Waals surface area contributed by atoms with Crippen LogP contribution in [0.25, 0.3) is 5.70 Å². The van der Waals surface area contributed by atoms with Gasteiger partial charge in [0.1, 0.15) is 5.60 Å². The van der Waals surface area contributed by atoms with E-state index in [1.165, 1.54) is 11.3 Å². The second-order valence-corrected chi connectivity index (χ2v) is 9.44. The molecule has 0 saturated carbocycles. The van der Waals surface area contributed by atoms with E-state index in [9.17, 15) is 4.79 Å². The lowest BCUT2D eigenvalue weighted by Gasteiger charge is -2.37. The van der Waals surface area contributed by atoms with Gasteiger partial charge in [-0.2, -0.15) is 0 Å². The number of aryl methyl sites for hydroxylation is 1. The predicted molar refractivity (Wildman–Crippen MR) is 120 cm³/mol. The van der Waals surface area contributed by atoms with Crippen LogP contribution in [0.5, 0.6) is 0 Å². The number of benzene rings is 1. The highest BCUT2D eigenvalue weighted by atomic mass is 16.6. The number of hydrogen-bond acceptors (Lipinski definition) is 4. The molecule has 0 aliphatic carbocycles. The molecular weight excluding hydrogens is 362 g/mol. The van der Waals surface area contributed by atoms with E-state index in [2.05, 4.69) is 54.8 Å². The smallest absolute Gasteiger partial charge is 0.414 e. The summed E-state index contributed by atoms with van der Waals surface area (Å²) in [4.78, 5) is 19.6. The Morgan fingerprint density at radius 1 is 1.17 bits per heavy atom. The number of rotatable bonds is 3. The van der Waals surface area contributed by atoms with Gasteiger partial charge in [-0.1, -0.05) is 26.0 Å². The summed E-state index contributed by atoms with van der Waals surface area (Å²) in [5, 5.41) is 0. The van der Waals surface area contributed by atoms with Gasteiger partial charge in [-0.05, 0) is 69.8 Å². The van der Waals surface area contributed by atoms with Gasteiger partial charge in [-0.25, -0.2) is 4.79 Å². The third-order valence-corrected chi connectivity index (χ3v) is 5.77. The molecule has 1 aromatic carbocycles. The van der Waals surface area contributed by atoms with Crippen molar-refractivity contribution in [3.63, 3.8) is 0 Å². The lowest BCUT2D eigenvalue weighted by Crippen LogP contribution is -2.46. The number of hydrogen-bond donors (Lipinski definition) is 0. The number of amides is 1. The number of carbonyl (C=O) groups is 1. The first-order valence-corrected chi connectivity index (χ1v) is 11.0. The van der Waals surface area contributed by atoms with Crippen molar-refractivity contribution in [2.24, 2.45) is 5.92 Å². The monoisotopic (exact) mass is 399 g/mol. The van der Waals surface area contributed by atoms with Crippen LogP contribution in [0.15, 0.2) is 24.3 Å². The van der Waals surface area contributed by atoms with Gasteiger partial charge in [-0.15, -0.1) is 0 Å². The van der Waals surface area contributed by atoms with Gasteiger partial charge in [0.15, 0.2) is 0 Å². The third kappa shape index (κ3) is 5.33. The maximum atomic E-state index is 12.9. The molecule has 1 fully saturated rings. The van der Waals surface area contributed by atoms with Gasteiger partial charge in [-0.3, -0.25) is 4.90 Å². The fraction of sp³-hybridized carbons (Fsp3) is 0.625. The van der Waals surface area contributed by atoms with Crippen LogP contribution in [-0.4, -0.2) is 60.8 Å². The summed E-state index contributed by atoms with van der Waals surface area (Å²) in [5.41, 5.74) is 4.14. The summed E-state index contributed by atoms with van der Waals surface area (Å²) in [5.74, 6) is 0.432. The van der Waals surface area contributed by atoms with E-state index in [1.54, 1.807) is 0 Å². The normalized spacial score (nSPS) is 21.2. The first-order valence-electron chi connectivity index (χ1n) is 11.0. The van der Waals surface area contributed by atoms with E-state index < -0.39 is 5.60 Å². The molecule has 0 radical (unpaired) electrons. The SMILES string of the molecule is CCN1CCN(c2ccc(C3=CCC(C)CN3C(=O)OC(C)(C)C)cc2C)CC1. The minimum Gasteiger partial charge on any atom is -0.443 e. The van der Waals surface area contributed by atoms with Crippen LogP contribution in [0.4, 0.5) is 10.5 Å². The Morgan fingerprint density at radius 2 is 1.86 bits per heavy atom. The lowest BCUT2D eigenvalue weighted by atomic mass is 9.97. The molecule has 1 saturated heterocycles. The van der Waals surface area contributed by atoms with Crippen molar-refractivity contribution in [1.29, 1.82) is 0 Å². The van der Waals surface area contributed by atoms with Crippen LogP contribution in [0.1, 0.15) is 52.2 Å². The summed E-state index contributed by atoms with van der Waals surface area (Å²) in [6.45, 7) is 18.5. The number of anilines is 1. The zero-order valence-electron chi connectivity index (χ0n) is 19.0. The molecule has 29 heavy (non-hydrogen) atoms. The quantitative estimate of drug-likeness (QED) is 0.735. The molecule has 0 spiro atoms. The molecule has 1 aromatic rings. The number of allylic oxidation sites excluding steroid dienone is 1. The van der Waals surface area contributed by atoms with Crippen LogP contribution in [0, 0.1) is 12.8 Å². The number of piperazine rings is 1. The second-order valence-electron chi connectivity index (χ2n) is 9.44. The van der Waals surface area contributed by atoms with E-state index in [0.29, 0.717) is 12.5 Å². The van der Waals surface area contributed by atoms with Gasteiger partial charge in [0.2, 0.25) is 0 Å². The van der Waals surface area contributed by atoms with E-state index in [4.69, 9.17) is 4.74 Å². The minimum absolute atomic E-state index is 0.257. The van der Waals surface area contributed by atoms with Crippen molar-refractivity contribution in [3.05, 3.63) is 35.4 Å². The molecule has 0 N–H and O–H groups in total. The number of carbonyl (C=O) groups excluding carboxylic acids is 1. The molecule has 160 valence electrons. The highest BCUT2D eigenvalue weighted by Gasteiger charge is 2.29. The Hall–Kier alpha value is -2.01. The lowest BCUT2D eigenvalue weighted by molar-refractivity contribution is 0.0327. The first-order chi connectivity index (χ1) is 13.7. The molecule has 1 atom stereocenters. The highest BCUT2D eigenvalue weighted by Crippen LogP contribution is 2.32. The molecular formula is C24H37N3O2. The Labute approximate surface area is 176 Å². The predicted octanol–water partition coefficient (Wildman–Crippen LogP) is 4.75. The summed E-state index contributed by atoms with van der Waals surface area (Å²) < 4.78 is 5.68. The molecule has 0 aromatic heterocycles. The Morgan fingerprint density at radius 3 is 2.45 bits per heavy atom. The zero-order valence-corrected chi connectivity index (χ0v) is 19.0. The van der Waals surface area contributed by atoms with Crippen molar-refractivity contribution in [3.8, 4) is 0 Å². The van der Waals surface area contributed by atoms with Gasteiger partial charge < -0.3 is 14.5 Å². The second kappa shape index (κ2) is 8.78. The maximum absolute atomic E-state index is 12.9. The van der Waals surface area contributed by atoms with Gasteiger partial charge in [0.25, 0.3) is 0 Å². The molecule has 5 nitrogen and oxygen atoms in total. The first kappa shape index (κ1) is 21.7. The average Bonchev–Trinajstić information content (AvgIpc) is 2.66. The van der Waals surface area contributed by atoms with Crippen LogP contribution in [0.3, 0.4) is 0 Å². The summed E-state index contributed by atoms with van der Waals surface area (Å²) in [6, 6.07) is 6.60. The van der Waals surface area contributed by atoms with E-state index in [1.807, 2.05) is 25.7 Å². The number of likely N-dealkylation sites (N-methyl/N-ethyl adjacent to an activating group) is 1. The van der Waals surface area contributed by atoms with Crippen molar-refractivity contribution in [2.75, 3.05) is 44.2 Å². The Balaban J connectivity index is 1.81. The molecule has 1 amide bonds. The van der Waals surface area contributed by atoms with Crippen LogP contribution in [0.2, 0.25) is 0 Å². The maximum Gasteiger partial charge on any atom is 0.414 e. The molecule has 5 heteroatoms. The van der Waals surface area contributed by atoms with E-state index in [0.717, 1.165) is 50.4 Å². The minimum atomic E-state index is -0.497. The fourth-order valence-electron chi connectivity index (χ4n) is 4.15. The van der Waals surface area contributed by atoms with Crippen molar-refractivity contribution in [1.82, 2.24) is 9.80 Å². The van der Waals surface area contributed by atoms with E-state index in [-0.39, 0.29) is 6.09 Å². The molecule has 2 aliphatic heterocycles. The zero-order chi connectivity index (χ0) is 21.2. The molecule has 2 aliphatic rings. The Kier molecular flexibility index (Phi) is 6.57. The molecule has 1 unspecified atom stereocenters. The molecule has 0 bridgehead atoms. The number of nitrogens with zero attached hydrogens (tertiary/aromatic N) is 3. The van der Waals surface area contributed by atoms with Crippen LogP contribution >= 0.6 is 0 Å². The summed E-state index contributed by atoms with van der Waals surface area (Å²) in [6.07, 6.45) is 2.91. The average molecular weight is 400 g/mol. The van der Waals surface area contributed by atoms with Crippen LogP contribution < -0.4 is 4.90 Å². The standard InChI is InChI=1S/C24H37N3O2/c1-7-25-12-14-26(15-13-25)21-11-9-20(16-19(21)3)22-10-8-18(2)17-27(22)23(28)29-24(4,5)6/h9-11,16,18H,7-8,12-15,17H2,1-6H3. The van der Waals surface area contributed by atoms with Crippen LogP contribution in [-0.2, 0) is 4.74 Å². The van der Waals surface area contributed by atoms with Crippen molar-refractivity contribution < 1.29 is 9.53 Å². The number of ether oxygens (including phenoxy) is 1. The van der Waals surface area contributed by atoms with Gasteiger partial charge >= 0.3 is 6.09 Å². The fourth-order valence-corrected chi connectivity index (χ4v) is 4.15. The highest BCUT2D eigenvalue weighted by molar-refractivity contribution is 5.83. The topological polar surface area (TPSA) is 36.0 Å². The van der Waals surface area contributed by atoms with Crippen molar-refractivity contribution in [2.45, 2.75) is 53.6 Å². The van der Waals surface area contributed by atoms with E-state index >= 15 is 0 Å². The summed E-state index contributed by atoms with van der Waals surface area (Å²) >= 11 is 0. The molecule has 3 rings (SSSR count). The van der Waals surface area contributed by atoms with Gasteiger partial charge in [0, 0.05) is 38.4 Å². The summed E-state index contributed by atoms with van der Waals surface area (Å²) in [7, 11) is 0. The third-order valence-electron chi connectivity index (χ3n) is 5.77.